The second-order valence-corrected chi connectivity index (χ2v) is 7.89. The third-order valence-corrected chi connectivity index (χ3v) is 4.52. The molecule has 0 fully saturated rings. The predicted octanol–water partition coefficient (Wildman–Crippen LogP) is 3.15. The fourth-order valence-corrected chi connectivity index (χ4v) is 2.71. The molecule has 3 rings (SSSR count). The first-order valence-electron chi connectivity index (χ1n) is 9.49. The molecule has 0 bridgehead atoms. The van der Waals surface area contributed by atoms with Crippen LogP contribution in [0.1, 0.15) is 32.9 Å². The first-order chi connectivity index (χ1) is 14.6. The van der Waals surface area contributed by atoms with Crippen molar-refractivity contribution in [1.29, 1.82) is 0 Å². The van der Waals surface area contributed by atoms with Gasteiger partial charge in [-0.1, -0.05) is 20.8 Å². The maximum atomic E-state index is 15.0. The zero-order valence-electron chi connectivity index (χ0n) is 17.4. The topological polar surface area (TPSA) is 138 Å². The number of ether oxygens (including phenoxy) is 1. The van der Waals surface area contributed by atoms with Gasteiger partial charge in [-0.15, -0.1) is 0 Å². The minimum absolute atomic E-state index is 0.0711. The van der Waals surface area contributed by atoms with Crippen LogP contribution < -0.4 is 16.2 Å². The molecule has 0 saturated carbocycles. The van der Waals surface area contributed by atoms with Gasteiger partial charge in [0.2, 0.25) is 5.88 Å². The summed E-state index contributed by atoms with van der Waals surface area (Å²) in [6, 6.07) is 5.09. The van der Waals surface area contributed by atoms with Crippen molar-refractivity contribution in [1.82, 2.24) is 14.5 Å². The Balaban J connectivity index is 1.86. The van der Waals surface area contributed by atoms with Crippen molar-refractivity contribution >= 4 is 28.6 Å². The lowest BCUT2D eigenvalue weighted by molar-refractivity contribution is -0.125. The summed E-state index contributed by atoms with van der Waals surface area (Å²) in [5, 5.41) is 0.151. The highest BCUT2D eigenvalue weighted by Gasteiger charge is 2.22. The highest BCUT2D eigenvalue weighted by atomic mass is 19.1. The van der Waals surface area contributed by atoms with Gasteiger partial charge in [0.25, 0.3) is 0 Å². The Kier molecular flexibility index (Phi) is 6.11. The van der Waals surface area contributed by atoms with Crippen LogP contribution in [0, 0.1) is 11.2 Å². The zero-order valence-corrected chi connectivity index (χ0v) is 17.4. The molecule has 0 aliphatic carbocycles. The van der Waals surface area contributed by atoms with Crippen molar-refractivity contribution in [2.75, 3.05) is 0 Å². The van der Waals surface area contributed by atoms with Crippen molar-refractivity contribution in [2.45, 2.75) is 33.7 Å². The van der Waals surface area contributed by atoms with E-state index in [0.717, 1.165) is 4.57 Å². The molecule has 9 nitrogen and oxygen atoms in total. The molecule has 0 unspecified atom stereocenters. The third-order valence-electron chi connectivity index (χ3n) is 4.52. The molecule has 0 aliphatic heterocycles. The summed E-state index contributed by atoms with van der Waals surface area (Å²) in [6.45, 7) is 5.45. The third kappa shape index (κ3) is 4.92. The molecule has 0 spiro atoms. The second-order valence-electron chi connectivity index (χ2n) is 7.89. The number of nitrogens with zero attached hydrogens (tertiary/aromatic N) is 4. The summed E-state index contributed by atoms with van der Waals surface area (Å²) in [7, 11) is 0. The van der Waals surface area contributed by atoms with Crippen LogP contribution in [-0.4, -0.2) is 32.2 Å². The average Bonchev–Trinajstić information content (AvgIpc) is 3.14. The first-order valence-corrected chi connectivity index (χ1v) is 9.49. The number of benzene rings is 1. The summed E-state index contributed by atoms with van der Waals surface area (Å²) in [5.41, 5.74) is 11.5. The lowest BCUT2D eigenvalue weighted by Gasteiger charge is -2.15. The standard InChI is InChI=1S/C21H23FN6O3/c1-21(2,3)16(29)9-17(24)27-20(30)28-7-6-13-14(28)4-5-15(19(13)22)31-18-8-12(10-23)25-11-26-18/h4-8,11H,9-10,23H2,1-3H3,(H2,24,27,30). The van der Waals surface area contributed by atoms with Crippen LogP contribution in [0.25, 0.3) is 10.9 Å². The van der Waals surface area contributed by atoms with Crippen molar-refractivity contribution in [3.8, 4) is 11.6 Å². The van der Waals surface area contributed by atoms with Crippen molar-refractivity contribution in [3.05, 3.63) is 48.3 Å². The number of hydrogen-bond donors (Lipinski definition) is 2. The molecule has 2 heterocycles. The van der Waals surface area contributed by atoms with Gasteiger partial charge in [-0.05, 0) is 18.2 Å². The molecule has 0 radical (unpaired) electrons. The van der Waals surface area contributed by atoms with Gasteiger partial charge in [0.15, 0.2) is 11.6 Å². The van der Waals surface area contributed by atoms with Crippen molar-refractivity contribution in [2.24, 2.45) is 21.9 Å². The lowest BCUT2D eigenvalue weighted by atomic mass is 9.89. The summed E-state index contributed by atoms with van der Waals surface area (Å²) in [5.74, 6) is -0.846. The van der Waals surface area contributed by atoms with Gasteiger partial charge < -0.3 is 16.2 Å². The molecule has 10 heteroatoms. The van der Waals surface area contributed by atoms with Gasteiger partial charge >= 0.3 is 6.03 Å². The normalized spacial score (nSPS) is 12.2. The van der Waals surface area contributed by atoms with E-state index in [1.165, 1.54) is 36.8 Å². The van der Waals surface area contributed by atoms with Gasteiger partial charge in [0.05, 0.1) is 17.6 Å². The van der Waals surface area contributed by atoms with Gasteiger partial charge in [0, 0.05) is 29.6 Å². The van der Waals surface area contributed by atoms with Crippen LogP contribution in [0.3, 0.4) is 0 Å². The van der Waals surface area contributed by atoms with Crippen LogP contribution >= 0.6 is 0 Å². The lowest BCUT2D eigenvalue weighted by Crippen LogP contribution is -2.27. The van der Waals surface area contributed by atoms with Gasteiger partial charge in [-0.3, -0.25) is 9.36 Å². The van der Waals surface area contributed by atoms with Crippen LogP contribution in [0.4, 0.5) is 9.18 Å². The van der Waals surface area contributed by atoms with Crippen molar-refractivity contribution < 1.29 is 18.7 Å². The molecule has 1 amide bonds. The van der Waals surface area contributed by atoms with E-state index in [0.29, 0.717) is 5.69 Å². The molecule has 2 aromatic heterocycles. The number of ketones is 1. The molecular formula is C21H23FN6O3. The fraction of sp³-hybridized carbons (Fsp3) is 0.286. The SMILES string of the molecule is CC(C)(C)C(=O)CC(N)=NC(=O)n1ccc2c(F)c(Oc3cc(CN)ncn3)ccc21. The molecule has 3 aromatic rings. The Bertz CT molecular complexity index is 1180. The number of aromatic nitrogens is 3. The molecule has 1 aromatic carbocycles. The minimum Gasteiger partial charge on any atom is -0.436 e. The Hall–Kier alpha value is -3.66. The summed E-state index contributed by atoms with van der Waals surface area (Å²) in [6.07, 6.45) is 2.50. The number of carbonyl (C=O) groups is 2. The highest BCUT2D eigenvalue weighted by molar-refractivity contribution is 6.06. The number of fused-ring (bicyclic) bond motifs is 1. The first kappa shape index (κ1) is 22.0. The maximum Gasteiger partial charge on any atom is 0.353 e. The van der Waals surface area contributed by atoms with Gasteiger partial charge in [-0.25, -0.2) is 19.2 Å². The van der Waals surface area contributed by atoms with E-state index in [9.17, 15) is 14.0 Å². The van der Waals surface area contributed by atoms with E-state index in [1.54, 1.807) is 20.8 Å². The number of amidine groups is 1. The van der Waals surface area contributed by atoms with Crippen LogP contribution in [0.2, 0.25) is 0 Å². The van der Waals surface area contributed by atoms with Crippen molar-refractivity contribution in [3.63, 3.8) is 0 Å². The molecule has 0 atom stereocenters. The summed E-state index contributed by atoms with van der Waals surface area (Å²) in [4.78, 5) is 36.3. The number of nitrogens with two attached hydrogens (primary N) is 2. The average molecular weight is 426 g/mol. The molecule has 31 heavy (non-hydrogen) atoms. The van der Waals surface area contributed by atoms with E-state index in [-0.39, 0.29) is 47.1 Å². The van der Waals surface area contributed by atoms with Gasteiger partial charge in [-0.2, -0.15) is 4.99 Å². The monoisotopic (exact) mass is 426 g/mol. The number of carbonyl (C=O) groups excluding carboxylic acids is 2. The number of amides is 1. The highest BCUT2D eigenvalue weighted by Crippen LogP contribution is 2.30. The van der Waals surface area contributed by atoms with E-state index in [1.807, 2.05) is 0 Å². The van der Waals surface area contributed by atoms with E-state index >= 15 is 0 Å². The van der Waals surface area contributed by atoms with Crippen LogP contribution in [0.5, 0.6) is 11.6 Å². The van der Waals surface area contributed by atoms with E-state index in [4.69, 9.17) is 16.2 Å². The predicted molar refractivity (Wildman–Crippen MR) is 113 cm³/mol. The molecule has 0 saturated heterocycles. The van der Waals surface area contributed by atoms with E-state index in [2.05, 4.69) is 15.0 Å². The fourth-order valence-electron chi connectivity index (χ4n) is 2.71. The Labute approximate surface area is 177 Å². The number of rotatable bonds is 5. The Morgan fingerprint density at radius 3 is 2.65 bits per heavy atom. The Morgan fingerprint density at radius 2 is 1.97 bits per heavy atom. The van der Waals surface area contributed by atoms with Crippen LogP contribution in [0.15, 0.2) is 41.8 Å². The van der Waals surface area contributed by atoms with Gasteiger partial charge in [0.1, 0.15) is 17.9 Å². The molecular weight excluding hydrogens is 403 g/mol. The number of halogens is 1. The molecule has 0 aliphatic rings. The minimum atomic E-state index is -0.731. The second kappa shape index (κ2) is 8.60. The number of aliphatic imine (C=N–C) groups is 1. The summed E-state index contributed by atoms with van der Waals surface area (Å²) >= 11 is 0. The zero-order chi connectivity index (χ0) is 22.8. The Morgan fingerprint density at radius 1 is 1.23 bits per heavy atom. The number of Topliss-reactive ketones (excluding diaryl/α,β-unsaturated/α-hetero) is 1. The number of hydrogen-bond acceptors (Lipinski definition) is 6. The molecule has 162 valence electrons. The van der Waals surface area contributed by atoms with Crippen LogP contribution in [-0.2, 0) is 11.3 Å². The summed E-state index contributed by atoms with van der Waals surface area (Å²) < 4.78 is 21.6. The largest absolute Gasteiger partial charge is 0.436 e. The van der Waals surface area contributed by atoms with E-state index < -0.39 is 17.3 Å². The molecule has 4 N–H and O–H groups in total. The smallest absolute Gasteiger partial charge is 0.353 e. The quantitative estimate of drug-likeness (QED) is 0.472. The maximum absolute atomic E-state index is 15.0.